The first kappa shape index (κ1) is 9.86. The summed E-state index contributed by atoms with van der Waals surface area (Å²) in [6.45, 7) is 0. The van der Waals surface area contributed by atoms with Crippen molar-refractivity contribution in [2.24, 2.45) is 0 Å². The molecule has 0 amide bonds. The Morgan fingerprint density at radius 3 is 1.82 bits per heavy atom. The van der Waals surface area contributed by atoms with Crippen LogP contribution in [0, 0.1) is 0 Å². The maximum Gasteiger partial charge on any atom is 0.334 e. The number of hydrogen-bond donors (Lipinski definition) is 4. The van der Waals surface area contributed by atoms with Crippen LogP contribution >= 0.6 is 0 Å². The first-order valence-corrected chi connectivity index (χ1v) is 2.81. The molecule has 0 bridgehead atoms. The van der Waals surface area contributed by atoms with Gasteiger partial charge in [-0.15, -0.1) is 0 Å². The Morgan fingerprint density at radius 2 is 1.73 bits per heavy atom. The van der Waals surface area contributed by atoms with E-state index >= 15 is 0 Å². The van der Waals surface area contributed by atoms with Gasteiger partial charge in [0.25, 0.3) is 0 Å². The van der Waals surface area contributed by atoms with E-state index in [4.69, 9.17) is 15.3 Å². The van der Waals surface area contributed by atoms with Gasteiger partial charge in [0.05, 0.1) is 0 Å². The topological polar surface area (TPSA) is 107 Å². The third kappa shape index (κ3) is 2.52. The maximum atomic E-state index is 10.2. The Balaban J connectivity index is 4.25. The van der Waals surface area contributed by atoms with Gasteiger partial charge in [0.1, 0.15) is 6.04 Å². The Morgan fingerprint density at radius 1 is 1.27 bits per heavy atom. The molecule has 0 aromatic rings. The quantitative estimate of drug-likeness (QED) is 0.386. The van der Waals surface area contributed by atoms with Crippen LogP contribution in [0.4, 0.5) is 0 Å². The minimum absolute atomic E-state index is 1.25. The molecule has 0 saturated heterocycles. The van der Waals surface area contributed by atoms with Crippen LogP contribution in [-0.4, -0.2) is 46.5 Å². The van der Waals surface area contributed by atoms with Crippen molar-refractivity contribution in [2.75, 3.05) is 7.05 Å². The summed E-state index contributed by atoms with van der Waals surface area (Å²) in [6.07, 6.45) is -1.92. The third-order valence-electron chi connectivity index (χ3n) is 1.15. The molecule has 64 valence electrons. The number of carboxylic acid groups (broad SMARTS) is 2. The van der Waals surface area contributed by atoms with Gasteiger partial charge in [-0.2, -0.15) is 0 Å². The average molecular weight is 163 g/mol. The van der Waals surface area contributed by atoms with Crippen LogP contribution in [0.5, 0.6) is 0 Å². The fourth-order valence-electron chi connectivity index (χ4n) is 0.559. The standard InChI is InChI=1S/C5H9NO5/c1-6-2(4(8)9)3(7)5(10)11/h2-3,6-7H,1H3,(H,8,9)(H,10,11)/t2-,3-/m1/s1. The Hall–Kier alpha value is -1.14. The van der Waals surface area contributed by atoms with Gasteiger partial charge in [-0.25, -0.2) is 4.79 Å². The zero-order valence-corrected chi connectivity index (χ0v) is 5.81. The van der Waals surface area contributed by atoms with E-state index in [0.717, 1.165) is 0 Å². The fraction of sp³-hybridized carbons (Fsp3) is 0.600. The van der Waals surface area contributed by atoms with Crippen molar-refractivity contribution in [1.29, 1.82) is 0 Å². The van der Waals surface area contributed by atoms with Gasteiger partial charge in [0.15, 0.2) is 6.10 Å². The molecular weight excluding hydrogens is 154 g/mol. The minimum atomic E-state index is -1.92. The molecule has 0 aliphatic carbocycles. The lowest BCUT2D eigenvalue weighted by Crippen LogP contribution is -2.48. The zero-order valence-electron chi connectivity index (χ0n) is 5.81. The van der Waals surface area contributed by atoms with E-state index in [2.05, 4.69) is 5.32 Å². The summed E-state index contributed by atoms with van der Waals surface area (Å²) < 4.78 is 0. The maximum absolute atomic E-state index is 10.2. The predicted molar refractivity (Wildman–Crippen MR) is 34.1 cm³/mol. The Kier molecular flexibility index (Phi) is 3.49. The number of aliphatic hydroxyl groups is 1. The van der Waals surface area contributed by atoms with Crippen molar-refractivity contribution < 1.29 is 24.9 Å². The van der Waals surface area contributed by atoms with Gasteiger partial charge in [-0.3, -0.25) is 4.79 Å². The van der Waals surface area contributed by atoms with E-state index in [1.54, 1.807) is 0 Å². The lowest BCUT2D eigenvalue weighted by molar-refractivity contribution is -0.155. The molecule has 0 aromatic heterocycles. The van der Waals surface area contributed by atoms with Crippen LogP contribution in [-0.2, 0) is 9.59 Å². The monoisotopic (exact) mass is 163 g/mol. The van der Waals surface area contributed by atoms with Gasteiger partial charge >= 0.3 is 11.9 Å². The highest BCUT2D eigenvalue weighted by atomic mass is 16.4. The Bertz CT molecular complexity index is 168. The molecule has 6 heteroatoms. The first-order valence-electron chi connectivity index (χ1n) is 2.81. The number of aliphatic hydroxyl groups excluding tert-OH is 1. The third-order valence-corrected chi connectivity index (χ3v) is 1.15. The first-order chi connectivity index (χ1) is 5.00. The van der Waals surface area contributed by atoms with E-state index in [0.29, 0.717) is 0 Å². The lowest BCUT2D eigenvalue weighted by atomic mass is 10.2. The second kappa shape index (κ2) is 3.89. The molecule has 2 atom stereocenters. The average Bonchev–Trinajstić information content (AvgIpc) is 1.88. The number of hydrogen-bond acceptors (Lipinski definition) is 4. The van der Waals surface area contributed by atoms with Gasteiger partial charge < -0.3 is 20.6 Å². The minimum Gasteiger partial charge on any atom is -0.480 e. The number of carboxylic acids is 2. The fourth-order valence-corrected chi connectivity index (χ4v) is 0.559. The number of nitrogens with one attached hydrogen (secondary N) is 1. The SMILES string of the molecule is CN[C@@H](C(=O)O)[C@@H](O)C(=O)O. The van der Waals surface area contributed by atoms with Crippen molar-refractivity contribution >= 4 is 11.9 Å². The molecule has 0 aromatic carbocycles. The van der Waals surface area contributed by atoms with Gasteiger partial charge in [0, 0.05) is 0 Å². The summed E-state index contributed by atoms with van der Waals surface area (Å²) in [7, 11) is 1.25. The van der Waals surface area contributed by atoms with Crippen molar-refractivity contribution in [2.45, 2.75) is 12.1 Å². The van der Waals surface area contributed by atoms with Crippen LogP contribution in [0.2, 0.25) is 0 Å². The van der Waals surface area contributed by atoms with Crippen molar-refractivity contribution in [1.82, 2.24) is 5.32 Å². The van der Waals surface area contributed by atoms with Crippen molar-refractivity contribution in [3.8, 4) is 0 Å². The molecule has 0 fully saturated rings. The number of carbonyl (C=O) groups is 2. The van der Waals surface area contributed by atoms with E-state index < -0.39 is 24.1 Å². The Labute approximate surface area is 62.5 Å². The number of rotatable bonds is 4. The number of aliphatic carboxylic acids is 2. The normalized spacial score (nSPS) is 15.5. The van der Waals surface area contributed by atoms with Crippen LogP contribution in [0.1, 0.15) is 0 Å². The highest BCUT2D eigenvalue weighted by Crippen LogP contribution is 1.92. The van der Waals surface area contributed by atoms with E-state index in [1.807, 2.05) is 0 Å². The molecular formula is C5H9NO5. The van der Waals surface area contributed by atoms with Gasteiger partial charge in [0.2, 0.25) is 0 Å². The summed E-state index contributed by atoms with van der Waals surface area (Å²) in [6, 6.07) is -1.47. The zero-order chi connectivity index (χ0) is 9.02. The molecule has 6 nitrogen and oxygen atoms in total. The van der Waals surface area contributed by atoms with Crippen molar-refractivity contribution in [3.63, 3.8) is 0 Å². The van der Waals surface area contributed by atoms with Gasteiger partial charge in [-0.05, 0) is 7.05 Å². The molecule has 0 aliphatic rings. The van der Waals surface area contributed by atoms with Crippen LogP contribution < -0.4 is 5.32 Å². The van der Waals surface area contributed by atoms with Crippen LogP contribution in [0.3, 0.4) is 0 Å². The van der Waals surface area contributed by atoms with Crippen LogP contribution in [0.25, 0.3) is 0 Å². The molecule has 0 radical (unpaired) electrons. The van der Waals surface area contributed by atoms with E-state index in [-0.39, 0.29) is 0 Å². The molecule has 0 saturated carbocycles. The van der Waals surface area contributed by atoms with E-state index in [1.165, 1.54) is 7.05 Å². The second-order valence-electron chi connectivity index (χ2n) is 1.89. The summed E-state index contributed by atoms with van der Waals surface area (Å²) in [5.74, 6) is -2.96. The molecule has 0 rings (SSSR count). The molecule has 0 heterocycles. The summed E-state index contributed by atoms with van der Waals surface area (Å²) in [5, 5.41) is 27.4. The summed E-state index contributed by atoms with van der Waals surface area (Å²) in [4.78, 5) is 20.2. The predicted octanol–water partition coefficient (Wildman–Crippen LogP) is -1.90. The molecule has 11 heavy (non-hydrogen) atoms. The molecule has 0 spiro atoms. The highest BCUT2D eigenvalue weighted by molar-refractivity contribution is 5.84. The summed E-state index contributed by atoms with van der Waals surface area (Å²) in [5.41, 5.74) is 0. The molecule has 4 N–H and O–H groups in total. The highest BCUT2D eigenvalue weighted by Gasteiger charge is 2.30. The largest absolute Gasteiger partial charge is 0.480 e. The second-order valence-corrected chi connectivity index (χ2v) is 1.89. The smallest absolute Gasteiger partial charge is 0.334 e. The van der Waals surface area contributed by atoms with Gasteiger partial charge in [-0.1, -0.05) is 0 Å². The van der Waals surface area contributed by atoms with Crippen LogP contribution in [0.15, 0.2) is 0 Å². The lowest BCUT2D eigenvalue weighted by Gasteiger charge is -2.13. The van der Waals surface area contributed by atoms with Crippen molar-refractivity contribution in [3.05, 3.63) is 0 Å². The molecule has 0 unspecified atom stereocenters. The molecule has 0 aliphatic heterocycles. The number of likely N-dealkylation sites (N-methyl/N-ethyl adjacent to an activating group) is 1. The van der Waals surface area contributed by atoms with E-state index in [9.17, 15) is 9.59 Å². The summed E-state index contributed by atoms with van der Waals surface area (Å²) >= 11 is 0.